The SMILES string of the molecule is Cc1ccc(OC2CCN(C[C@H](O)CNC(=O)c3sc(=O)[nH]c3CC(F)(F)F)CC2)cc1C. The van der Waals surface area contributed by atoms with Crippen LogP contribution in [0.2, 0.25) is 0 Å². The average molecular weight is 488 g/mol. The number of aromatic nitrogens is 1. The number of amides is 1. The number of benzene rings is 1. The number of carbonyl (C=O) groups excluding carboxylic acids is 1. The van der Waals surface area contributed by atoms with Crippen LogP contribution >= 0.6 is 11.3 Å². The van der Waals surface area contributed by atoms with Crippen molar-refractivity contribution in [3.05, 3.63) is 49.6 Å². The van der Waals surface area contributed by atoms with Gasteiger partial charge in [0.1, 0.15) is 16.7 Å². The number of rotatable bonds is 8. The van der Waals surface area contributed by atoms with Crippen LogP contribution in [0, 0.1) is 13.8 Å². The van der Waals surface area contributed by atoms with Gasteiger partial charge in [-0.15, -0.1) is 0 Å². The van der Waals surface area contributed by atoms with E-state index in [1.807, 2.05) is 32.0 Å². The van der Waals surface area contributed by atoms with Crippen molar-refractivity contribution in [2.45, 2.75) is 51.5 Å². The van der Waals surface area contributed by atoms with Crippen molar-refractivity contribution in [2.24, 2.45) is 0 Å². The van der Waals surface area contributed by atoms with Crippen molar-refractivity contribution in [1.29, 1.82) is 0 Å². The van der Waals surface area contributed by atoms with E-state index >= 15 is 0 Å². The molecule has 0 saturated carbocycles. The number of aromatic amines is 1. The first kappa shape index (κ1) is 25.3. The quantitative estimate of drug-likeness (QED) is 0.533. The molecule has 3 rings (SSSR count). The number of aliphatic hydroxyl groups excluding tert-OH is 1. The number of alkyl halides is 3. The second-order valence-corrected chi connectivity index (χ2v) is 9.33. The van der Waals surface area contributed by atoms with Gasteiger partial charge < -0.3 is 25.0 Å². The summed E-state index contributed by atoms with van der Waals surface area (Å²) >= 11 is 0.424. The Labute approximate surface area is 193 Å². The van der Waals surface area contributed by atoms with Crippen LogP contribution in [0.5, 0.6) is 5.75 Å². The summed E-state index contributed by atoms with van der Waals surface area (Å²) < 4.78 is 44.0. The van der Waals surface area contributed by atoms with Crippen molar-refractivity contribution in [1.82, 2.24) is 15.2 Å². The van der Waals surface area contributed by atoms with Crippen LogP contribution in [0.1, 0.15) is 39.3 Å². The zero-order valence-corrected chi connectivity index (χ0v) is 19.3. The van der Waals surface area contributed by atoms with E-state index in [9.17, 15) is 27.9 Å². The maximum atomic E-state index is 12.6. The molecule has 1 aliphatic rings. The fourth-order valence-electron chi connectivity index (χ4n) is 3.71. The molecule has 0 bridgehead atoms. The minimum atomic E-state index is -4.55. The van der Waals surface area contributed by atoms with E-state index in [-0.39, 0.29) is 17.5 Å². The molecule has 7 nitrogen and oxygen atoms in total. The lowest BCUT2D eigenvalue weighted by molar-refractivity contribution is -0.127. The number of hydrogen-bond donors (Lipinski definition) is 3. The predicted molar refractivity (Wildman–Crippen MR) is 119 cm³/mol. The van der Waals surface area contributed by atoms with Gasteiger partial charge in [0.2, 0.25) is 0 Å². The molecule has 1 amide bonds. The number of H-pyrrole nitrogens is 1. The minimum absolute atomic E-state index is 0.0867. The van der Waals surface area contributed by atoms with Crippen molar-refractivity contribution in [2.75, 3.05) is 26.2 Å². The molecule has 3 N–H and O–H groups in total. The zero-order valence-electron chi connectivity index (χ0n) is 18.5. The van der Waals surface area contributed by atoms with Crippen molar-refractivity contribution < 1.29 is 27.8 Å². The van der Waals surface area contributed by atoms with Gasteiger partial charge in [-0.3, -0.25) is 9.59 Å². The van der Waals surface area contributed by atoms with Crippen molar-refractivity contribution in [3.8, 4) is 5.75 Å². The lowest BCUT2D eigenvalue weighted by atomic mass is 10.1. The summed E-state index contributed by atoms with van der Waals surface area (Å²) in [5.74, 6) is 0.0356. The molecule has 2 aromatic rings. The Kier molecular flexibility index (Phi) is 8.19. The van der Waals surface area contributed by atoms with Crippen molar-refractivity contribution >= 4 is 17.2 Å². The van der Waals surface area contributed by atoms with Gasteiger partial charge in [0.05, 0.1) is 18.2 Å². The topological polar surface area (TPSA) is 94.7 Å². The standard InChI is InChI=1S/C22H28F3N3O4S/c1-13-3-4-17(9-14(13)2)32-16-5-7-28(8-6-16)12-15(29)11-26-20(30)19-18(10-22(23,24)25)27-21(31)33-19/h3-4,9,15-16,29H,5-8,10-12H2,1-2H3,(H,26,30)(H,27,31)/t15-/m1/s1. The number of piperidine rings is 1. The summed E-state index contributed by atoms with van der Waals surface area (Å²) in [5, 5.41) is 12.7. The van der Waals surface area contributed by atoms with Crippen LogP contribution in [-0.4, -0.2) is 65.5 Å². The highest BCUT2D eigenvalue weighted by Gasteiger charge is 2.32. The monoisotopic (exact) mass is 487 g/mol. The molecule has 0 aliphatic carbocycles. The number of ether oxygens (including phenoxy) is 1. The minimum Gasteiger partial charge on any atom is -0.490 e. The lowest BCUT2D eigenvalue weighted by Crippen LogP contribution is -2.45. The molecule has 0 spiro atoms. The molecule has 11 heteroatoms. The first-order chi connectivity index (χ1) is 15.5. The van der Waals surface area contributed by atoms with Crippen LogP contribution < -0.4 is 14.9 Å². The molecule has 182 valence electrons. The molecule has 2 heterocycles. The van der Waals surface area contributed by atoms with Crippen LogP contribution in [0.25, 0.3) is 0 Å². The summed E-state index contributed by atoms with van der Waals surface area (Å²) in [6, 6.07) is 6.01. The number of β-amino-alcohol motifs (C(OH)–C–C–N with tert-alkyl or cyclic N) is 1. The number of hydrogen-bond acceptors (Lipinski definition) is 6. The first-order valence-corrected chi connectivity index (χ1v) is 11.5. The predicted octanol–water partition coefficient (Wildman–Crippen LogP) is 2.79. The highest BCUT2D eigenvalue weighted by molar-refractivity contribution is 7.11. The molecule has 0 unspecified atom stereocenters. The van der Waals surface area contributed by atoms with E-state index in [0.717, 1.165) is 31.7 Å². The Balaban J connectivity index is 1.43. The third kappa shape index (κ3) is 7.58. The third-order valence-corrected chi connectivity index (χ3v) is 6.51. The molecular formula is C22H28F3N3O4S. The molecule has 1 saturated heterocycles. The summed E-state index contributed by atoms with van der Waals surface area (Å²) in [4.78, 5) is 26.8. The molecule has 1 aliphatic heterocycles. The fraction of sp³-hybridized carbons (Fsp3) is 0.545. The Morgan fingerprint density at radius 1 is 1.30 bits per heavy atom. The maximum Gasteiger partial charge on any atom is 0.394 e. The number of aryl methyl sites for hydroxylation is 2. The van der Waals surface area contributed by atoms with E-state index in [2.05, 4.69) is 15.2 Å². The van der Waals surface area contributed by atoms with Crippen molar-refractivity contribution in [3.63, 3.8) is 0 Å². The number of carbonyl (C=O) groups is 1. The summed E-state index contributed by atoms with van der Waals surface area (Å²) in [5.41, 5.74) is 1.92. The number of halogens is 3. The third-order valence-electron chi connectivity index (χ3n) is 5.59. The van der Waals surface area contributed by atoms with Gasteiger partial charge in [0.15, 0.2) is 0 Å². The number of likely N-dealkylation sites (tertiary alicyclic amines) is 1. The van der Waals surface area contributed by atoms with Gasteiger partial charge in [-0.1, -0.05) is 17.4 Å². The summed E-state index contributed by atoms with van der Waals surface area (Å²) in [6.07, 6.45) is -5.16. The van der Waals surface area contributed by atoms with E-state index in [1.54, 1.807) is 0 Å². The smallest absolute Gasteiger partial charge is 0.394 e. The number of nitrogens with zero attached hydrogens (tertiary/aromatic N) is 1. The second-order valence-electron chi connectivity index (χ2n) is 8.34. The molecule has 1 atom stereocenters. The fourth-order valence-corrected chi connectivity index (χ4v) is 4.48. The van der Waals surface area contributed by atoms with Gasteiger partial charge in [-0.05, 0) is 49.9 Å². The molecule has 33 heavy (non-hydrogen) atoms. The Hall–Kier alpha value is -2.37. The van der Waals surface area contributed by atoms with Gasteiger partial charge in [-0.25, -0.2) is 0 Å². The number of nitrogens with one attached hydrogen (secondary N) is 2. The van der Waals surface area contributed by atoms with Gasteiger partial charge in [-0.2, -0.15) is 13.2 Å². The summed E-state index contributed by atoms with van der Waals surface area (Å²) in [7, 11) is 0. The Morgan fingerprint density at radius 2 is 2.00 bits per heavy atom. The molecule has 0 radical (unpaired) electrons. The van der Waals surface area contributed by atoms with E-state index < -0.39 is 35.2 Å². The lowest BCUT2D eigenvalue weighted by Gasteiger charge is -2.33. The summed E-state index contributed by atoms with van der Waals surface area (Å²) in [6.45, 7) is 5.71. The molecule has 1 fully saturated rings. The normalized spacial score (nSPS) is 16.5. The van der Waals surface area contributed by atoms with Gasteiger partial charge in [0, 0.05) is 26.2 Å². The number of aliphatic hydroxyl groups is 1. The molecular weight excluding hydrogens is 459 g/mol. The maximum absolute atomic E-state index is 12.6. The first-order valence-electron chi connectivity index (χ1n) is 10.7. The Bertz CT molecular complexity index is 1010. The van der Waals surface area contributed by atoms with Crippen LogP contribution in [0.15, 0.2) is 23.0 Å². The highest BCUT2D eigenvalue weighted by atomic mass is 32.1. The second kappa shape index (κ2) is 10.7. The van der Waals surface area contributed by atoms with Gasteiger partial charge in [0.25, 0.3) is 5.91 Å². The van der Waals surface area contributed by atoms with Crippen LogP contribution in [0.3, 0.4) is 0 Å². The molecule has 1 aromatic carbocycles. The highest BCUT2D eigenvalue weighted by Crippen LogP contribution is 2.24. The largest absolute Gasteiger partial charge is 0.490 e. The van der Waals surface area contributed by atoms with E-state index in [0.29, 0.717) is 17.9 Å². The van der Waals surface area contributed by atoms with E-state index in [4.69, 9.17) is 4.74 Å². The molecule has 1 aromatic heterocycles. The average Bonchev–Trinajstić information content (AvgIpc) is 3.09. The zero-order chi connectivity index (χ0) is 24.2. The number of thiazole rings is 1. The Morgan fingerprint density at radius 3 is 2.64 bits per heavy atom. The van der Waals surface area contributed by atoms with E-state index in [1.165, 1.54) is 11.1 Å². The van der Waals surface area contributed by atoms with Crippen LogP contribution in [0.4, 0.5) is 13.2 Å². The van der Waals surface area contributed by atoms with Gasteiger partial charge >= 0.3 is 11.0 Å². The van der Waals surface area contributed by atoms with Crippen LogP contribution in [-0.2, 0) is 6.42 Å².